The second kappa shape index (κ2) is 9.50. The molecule has 1 aromatic carbocycles. The molecule has 0 saturated carbocycles. The lowest BCUT2D eigenvalue weighted by Gasteiger charge is -2.24. The molecule has 2 N–H and O–H groups in total. The SMILES string of the molecule is CCC(OC(CCO)C(C)O)C(=O)OCc1ccccc1. The van der Waals surface area contributed by atoms with Gasteiger partial charge in [0.1, 0.15) is 6.61 Å². The van der Waals surface area contributed by atoms with Gasteiger partial charge in [-0.05, 0) is 25.3 Å². The normalized spacial score (nSPS) is 15.2. The highest BCUT2D eigenvalue weighted by Crippen LogP contribution is 2.12. The fraction of sp³-hybridized carbons (Fsp3) is 0.562. The van der Waals surface area contributed by atoms with E-state index in [1.54, 1.807) is 6.92 Å². The Morgan fingerprint density at radius 1 is 1.29 bits per heavy atom. The van der Waals surface area contributed by atoms with Crippen LogP contribution in [-0.2, 0) is 20.9 Å². The second-order valence-electron chi connectivity index (χ2n) is 4.92. The van der Waals surface area contributed by atoms with Crippen LogP contribution in [0.1, 0.15) is 32.3 Å². The van der Waals surface area contributed by atoms with Crippen LogP contribution < -0.4 is 0 Å². The van der Waals surface area contributed by atoms with Crippen molar-refractivity contribution in [1.82, 2.24) is 0 Å². The van der Waals surface area contributed by atoms with Crippen molar-refractivity contribution in [2.45, 2.75) is 51.6 Å². The van der Waals surface area contributed by atoms with Crippen molar-refractivity contribution < 1.29 is 24.5 Å². The summed E-state index contributed by atoms with van der Waals surface area (Å²) in [6.45, 7) is 3.47. The van der Waals surface area contributed by atoms with E-state index in [0.29, 0.717) is 6.42 Å². The third kappa shape index (κ3) is 6.25. The van der Waals surface area contributed by atoms with Crippen molar-refractivity contribution in [1.29, 1.82) is 0 Å². The van der Waals surface area contributed by atoms with Crippen LogP contribution in [0.15, 0.2) is 30.3 Å². The molecule has 0 saturated heterocycles. The summed E-state index contributed by atoms with van der Waals surface area (Å²) >= 11 is 0. The summed E-state index contributed by atoms with van der Waals surface area (Å²) in [5, 5.41) is 18.5. The molecule has 5 nitrogen and oxygen atoms in total. The molecule has 118 valence electrons. The molecule has 5 heteroatoms. The molecule has 0 spiro atoms. The molecule has 3 atom stereocenters. The lowest BCUT2D eigenvalue weighted by atomic mass is 10.1. The Morgan fingerprint density at radius 3 is 2.48 bits per heavy atom. The van der Waals surface area contributed by atoms with Crippen molar-refractivity contribution in [2.75, 3.05) is 6.61 Å². The standard InChI is InChI=1S/C16H24O5/c1-3-14(21-15(9-10-17)12(2)18)16(19)20-11-13-7-5-4-6-8-13/h4-8,12,14-15,17-18H,3,9-11H2,1-2H3. The summed E-state index contributed by atoms with van der Waals surface area (Å²) in [5.74, 6) is -0.454. The van der Waals surface area contributed by atoms with Crippen LogP contribution in [0.2, 0.25) is 0 Å². The summed E-state index contributed by atoms with van der Waals surface area (Å²) in [7, 11) is 0. The largest absolute Gasteiger partial charge is 0.459 e. The smallest absolute Gasteiger partial charge is 0.335 e. The van der Waals surface area contributed by atoms with Crippen molar-refractivity contribution in [3.05, 3.63) is 35.9 Å². The van der Waals surface area contributed by atoms with Crippen LogP contribution in [0.3, 0.4) is 0 Å². The predicted molar refractivity (Wildman–Crippen MR) is 78.6 cm³/mol. The van der Waals surface area contributed by atoms with Gasteiger partial charge in [-0.15, -0.1) is 0 Å². The van der Waals surface area contributed by atoms with Gasteiger partial charge in [-0.25, -0.2) is 4.79 Å². The maximum atomic E-state index is 12.0. The maximum Gasteiger partial charge on any atom is 0.335 e. The predicted octanol–water partition coefficient (Wildman–Crippen LogP) is 1.66. The highest BCUT2D eigenvalue weighted by molar-refractivity contribution is 5.74. The first kappa shape index (κ1) is 17.6. The topological polar surface area (TPSA) is 76.0 Å². The minimum Gasteiger partial charge on any atom is -0.459 e. The zero-order valence-electron chi connectivity index (χ0n) is 12.6. The molecular formula is C16H24O5. The van der Waals surface area contributed by atoms with Gasteiger partial charge in [0.15, 0.2) is 6.10 Å². The van der Waals surface area contributed by atoms with Crippen LogP contribution in [0.5, 0.6) is 0 Å². The number of hydrogen-bond donors (Lipinski definition) is 2. The average molecular weight is 296 g/mol. The van der Waals surface area contributed by atoms with E-state index in [2.05, 4.69) is 0 Å². The number of carbonyl (C=O) groups is 1. The van der Waals surface area contributed by atoms with Gasteiger partial charge in [0, 0.05) is 6.61 Å². The number of carbonyl (C=O) groups excluding carboxylic acids is 1. The Morgan fingerprint density at radius 2 is 1.95 bits per heavy atom. The average Bonchev–Trinajstić information content (AvgIpc) is 2.49. The van der Waals surface area contributed by atoms with Crippen molar-refractivity contribution >= 4 is 5.97 Å². The Hall–Kier alpha value is -1.43. The Labute approximate surface area is 125 Å². The monoisotopic (exact) mass is 296 g/mol. The third-order valence-electron chi connectivity index (χ3n) is 3.15. The summed E-state index contributed by atoms with van der Waals surface area (Å²) in [4.78, 5) is 12.0. The van der Waals surface area contributed by atoms with E-state index >= 15 is 0 Å². The van der Waals surface area contributed by atoms with Crippen LogP contribution in [0.25, 0.3) is 0 Å². The zero-order valence-corrected chi connectivity index (χ0v) is 12.6. The number of ether oxygens (including phenoxy) is 2. The fourth-order valence-electron chi connectivity index (χ4n) is 1.90. The van der Waals surface area contributed by atoms with Crippen LogP contribution in [0.4, 0.5) is 0 Å². The Kier molecular flexibility index (Phi) is 7.97. The molecule has 0 bridgehead atoms. The van der Waals surface area contributed by atoms with E-state index in [-0.39, 0.29) is 19.6 Å². The summed E-state index contributed by atoms with van der Waals surface area (Å²) in [6.07, 6.45) is -1.35. The minimum atomic E-state index is -0.756. The first-order chi connectivity index (χ1) is 10.1. The van der Waals surface area contributed by atoms with Crippen molar-refractivity contribution in [3.63, 3.8) is 0 Å². The lowest BCUT2D eigenvalue weighted by Crippen LogP contribution is -2.36. The molecule has 0 aliphatic heterocycles. The van der Waals surface area contributed by atoms with Gasteiger partial charge in [-0.2, -0.15) is 0 Å². The quantitative estimate of drug-likeness (QED) is 0.678. The number of hydrogen-bond acceptors (Lipinski definition) is 5. The summed E-state index contributed by atoms with van der Waals surface area (Å²) in [6, 6.07) is 9.40. The van der Waals surface area contributed by atoms with E-state index in [1.165, 1.54) is 0 Å². The van der Waals surface area contributed by atoms with E-state index in [1.807, 2.05) is 37.3 Å². The third-order valence-corrected chi connectivity index (χ3v) is 3.15. The Bertz CT molecular complexity index is 404. The molecular weight excluding hydrogens is 272 g/mol. The van der Waals surface area contributed by atoms with Crippen molar-refractivity contribution in [3.8, 4) is 0 Å². The van der Waals surface area contributed by atoms with Gasteiger partial charge >= 0.3 is 5.97 Å². The maximum absolute atomic E-state index is 12.0. The molecule has 0 fully saturated rings. The molecule has 0 aromatic heterocycles. The van der Waals surface area contributed by atoms with E-state index in [0.717, 1.165) is 5.56 Å². The molecule has 3 unspecified atom stereocenters. The molecule has 0 aliphatic carbocycles. The van der Waals surface area contributed by atoms with E-state index < -0.39 is 24.3 Å². The first-order valence-corrected chi connectivity index (χ1v) is 7.23. The van der Waals surface area contributed by atoms with Crippen molar-refractivity contribution in [2.24, 2.45) is 0 Å². The number of aliphatic hydroxyl groups is 2. The zero-order chi connectivity index (χ0) is 15.7. The van der Waals surface area contributed by atoms with E-state index in [4.69, 9.17) is 14.6 Å². The lowest BCUT2D eigenvalue weighted by molar-refractivity contribution is -0.167. The van der Waals surface area contributed by atoms with Gasteiger partial charge in [-0.3, -0.25) is 0 Å². The molecule has 0 radical (unpaired) electrons. The highest BCUT2D eigenvalue weighted by Gasteiger charge is 2.25. The van der Waals surface area contributed by atoms with Crippen LogP contribution >= 0.6 is 0 Å². The minimum absolute atomic E-state index is 0.106. The van der Waals surface area contributed by atoms with Gasteiger partial charge in [0.05, 0.1) is 12.2 Å². The van der Waals surface area contributed by atoms with E-state index in [9.17, 15) is 9.90 Å². The number of benzene rings is 1. The molecule has 1 rings (SSSR count). The number of aliphatic hydroxyl groups excluding tert-OH is 2. The van der Waals surface area contributed by atoms with Gasteiger partial charge < -0.3 is 19.7 Å². The van der Waals surface area contributed by atoms with Crippen LogP contribution in [0, 0.1) is 0 Å². The molecule has 0 amide bonds. The van der Waals surface area contributed by atoms with Gasteiger partial charge in [0.2, 0.25) is 0 Å². The number of esters is 1. The second-order valence-corrected chi connectivity index (χ2v) is 4.92. The Balaban J connectivity index is 2.52. The molecule has 0 aliphatic rings. The first-order valence-electron chi connectivity index (χ1n) is 7.23. The summed E-state index contributed by atoms with van der Waals surface area (Å²) in [5.41, 5.74) is 0.906. The molecule has 1 aromatic rings. The van der Waals surface area contributed by atoms with Gasteiger partial charge in [-0.1, -0.05) is 37.3 Å². The van der Waals surface area contributed by atoms with Gasteiger partial charge in [0.25, 0.3) is 0 Å². The molecule has 0 heterocycles. The number of rotatable bonds is 9. The molecule has 21 heavy (non-hydrogen) atoms. The van der Waals surface area contributed by atoms with Crippen LogP contribution in [-0.4, -0.2) is 41.1 Å². The summed E-state index contributed by atoms with van der Waals surface area (Å²) < 4.78 is 10.8. The highest BCUT2D eigenvalue weighted by atomic mass is 16.6. The fourth-order valence-corrected chi connectivity index (χ4v) is 1.90.